The van der Waals surface area contributed by atoms with Crippen LogP contribution in [0.5, 0.6) is 5.75 Å². The Hall–Kier alpha value is -0.610. The van der Waals surface area contributed by atoms with Crippen LogP contribution in [0.2, 0.25) is 0 Å². The summed E-state index contributed by atoms with van der Waals surface area (Å²) in [6.45, 7) is 0.941. The molecule has 1 aliphatic rings. The highest BCUT2D eigenvalue weighted by Gasteiger charge is 2.21. The van der Waals surface area contributed by atoms with Crippen molar-refractivity contribution in [3.05, 3.63) is 28.5 Å². The smallest absolute Gasteiger partial charge is 0.189 e. The summed E-state index contributed by atoms with van der Waals surface area (Å²) in [5.74, 6) is 0.886. The standard InChI is InChI=1S/C11H12BrFO2/c12-10-4-3-9(5-11(10)13)15-7-14-6-8-1-2-8/h3-5,8H,1-2,6-7H2. The number of hydrogen-bond acceptors (Lipinski definition) is 2. The highest BCUT2D eigenvalue weighted by atomic mass is 79.9. The highest BCUT2D eigenvalue weighted by molar-refractivity contribution is 9.10. The monoisotopic (exact) mass is 274 g/mol. The van der Waals surface area contributed by atoms with Gasteiger partial charge in [0.2, 0.25) is 0 Å². The summed E-state index contributed by atoms with van der Waals surface area (Å²) in [5, 5.41) is 0. The Bertz CT molecular complexity index is 339. The summed E-state index contributed by atoms with van der Waals surface area (Å²) in [4.78, 5) is 0. The molecule has 0 aromatic heterocycles. The van der Waals surface area contributed by atoms with Crippen LogP contribution in [0.15, 0.2) is 22.7 Å². The fourth-order valence-electron chi connectivity index (χ4n) is 1.18. The van der Waals surface area contributed by atoms with Crippen LogP contribution in [-0.4, -0.2) is 13.4 Å². The predicted octanol–water partition coefficient (Wildman–Crippen LogP) is 3.35. The largest absolute Gasteiger partial charge is 0.467 e. The highest BCUT2D eigenvalue weighted by Crippen LogP contribution is 2.28. The van der Waals surface area contributed by atoms with Crippen LogP contribution in [-0.2, 0) is 4.74 Å². The van der Waals surface area contributed by atoms with E-state index in [1.807, 2.05) is 0 Å². The molecule has 0 N–H and O–H groups in total. The van der Waals surface area contributed by atoms with Gasteiger partial charge >= 0.3 is 0 Å². The quantitative estimate of drug-likeness (QED) is 0.606. The molecule has 82 valence electrons. The van der Waals surface area contributed by atoms with Gasteiger partial charge in [0.1, 0.15) is 11.6 Å². The first-order chi connectivity index (χ1) is 7.25. The van der Waals surface area contributed by atoms with E-state index in [2.05, 4.69) is 15.9 Å². The first-order valence-corrected chi connectivity index (χ1v) is 5.70. The molecule has 0 atom stereocenters. The lowest BCUT2D eigenvalue weighted by molar-refractivity contribution is 0.00982. The van der Waals surface area contributed by atoms with E-state index in [9.17, 15) is 4.39 Å². The van der Waals surface area contributed by atoms with Crippen molar-refractivity contribution < 1.29 is 13.9 Å². The minimum Gasteiger partial charge on any atom is -0.467 e. The molecule has 15 heavy (non-hydrogen) atoms. The number of benzene rings is 1. The van der Waals surface area contributed by atoms with Gasteiger partial charge in [-0.05, 0) is 46.8 Å². The zero-order valence-corrected chi connectivity index (χ0v) is 9.80. The Balaban J connectivity index is 1.74. The Kier molecular flexibility index (Phi) is 3.59. The molecular formula is C11H12BrFO2. The van der Waals surface area contributed by atoms with Crippen LogP contribution < -0.4 is 4.74 Å². The molecule has 1 fully saturated rings. The third kappa shape index (κ3) is 3.47. The van der Waals surface area contributed by atoms with Crippen molar-refractivity contribution >= 4 is 15.9 Å². The van der Waals surface area contributed by atoms with Crippen LogP contribution in [0.4, 0.5) is 4.39 Å². The SMILES string of the molecule is Fc1cc(OCOCC2CC2)ccc1Br. The minimum absolute atomic E-state index is 0.192. The van der Waals surface area contributed by atoms with E-state index in [0.717, 1.165) is 12.5 Å². The van der Waals surface area contributed by atoms with Gasteiger partial charge in [0.05, 0.1) is 11.1 Å². The minimum atomic E-state index is -0.324. The van der Waals surface area contributed by atoms with E-state index >= 15 is 0 Å². The molecule has 0 heterocycles. The Morgan fingerprint density at radius 2 is 2.20 bits per heavy atom. The van der Waals surface area contributed by atoms with Crippen LogP contribution in [0.1, 0.15) is 12.8 Å². The van der Waals surface area contributed by atoms with E-state index < -0.39 is 0 Å². The Morgan fingerprint density at radius 3 is 2.87 bits per heavy atom. The summed E-state index contributed by atoms with van der Waals surface area (Å²) in [6, 6.07) is 4.66. The fourth-order valence-corrected chi connectivity index (χ4v) is 1.42. The zero-order valence-electron chi connectivity index (χ0n) is 8.21. The number of halogens is 2. The third-order valence-electron chi connectivity index (χ3n) is 2.25. The lowest BCUT2D eigenvalue weighted by atomic mass is 10.3. The molecule has 2 rings (SSSR count). The Labute approximate surface area is 96.5 Å². The third-order valence-corrected chi connectivity index (χ3v) is 2.89. The molecule has 0 spiro atoms. The van der Waals surface area contributed by atoms with Crippen LogP contribution >= 0.6 is 15.9 Å². The maximum Gasteiger partial charge on any atom is 0.189 e. The first-order valence-electron chi connectivity index (χ1n) is 4.91. The molecule has 0 saturated heterocycles. The molecule has 0 bridgehead atoms. The summed E-state index contributed by atoms with van der Waals surface area (Å²) in [6.07, 6.45) is 2.51. The molecule has 4 heteroatoms. The summed E-state index contributed by atoms with van der Waals surface area (Å²) in [7, 11) is 0. The van der Waals surface area contributed by atoms with Crippen LogP contribution in [0, 0.1) is 11.7 Å². The van der Waals surface area contributed by atoms with E-state index in [0.29, 0.717) is 10.2 Å². The molecule has 1 saturated carbocycles. The number of ether oxygens (including phenoxy) is 2. The molecule has 1 aliphatic carbocycles. The van der Waals surface area contributed by atoms with Crippen molar-refractivity contribution in [1.82, 2.24) is 0 Å². The van der Waals surface area contributed by atoms with Crippen molar-refractivity contribution in [3.8, 4) is 5.75 Å². The zero-order chi connectivity index (χ0) is 10.7. The van der Waals surface area contributed by atoms with Crippen molar-refractivity contribution in [2.75, 3.05) is 13.4 Å². The summed E-state index contributed by atoms with van der Waals surface area (Å²) >= 11 is 3.08. The molecule has 0 radical (unpaired) electrons. The maximum atomic E-state index is 13.1. The lowest BCUT2D eigenvalue weighted by Gasteiger charge is -2.07. The average molecular weight is 275 g/mol. The number of rotatable bonds is 5. The van der Waals surface area contributed by atoms with Gasteiger partial charge in [-0.3, -0.25) is 0 Å². The van der Waals surface area contributed by atoms with Gasteiger partial charge in [0.25, 0.3) is 0 Å². The van der Waals surface area contributed by atoms with Crippen molar-refractivity contribution in [2.24, 2.45) is 5.92 Å². The van der Waals surface area contributed by atoms with E-state index in [1.54, 1.807) is 12.1 Å². The topological polar surface area (TPSA) is 18.5 Å². The normalized spacial score (nSPS) is 15.3. The molecule has 2 nitrogen and oxygen atoms in total. The maximum absolute atomic E-state index is 13.1. The molecule has 0 aliphatic heterocycles. The second kappa shape index (κ2) is 4.94. The molecule has 1 aromatic carbocycles. The van der Waals surface area contributed by atoms with Crippen molar-refractivity contribution in [1.29, 1.82) is 0 Å². The predicted molar refractivity (Wildman–Crippen MR) is 58.3 cm³/mol. The molecule has 0 amide bonds. The second-order valence-corrected chi connectivity index (χ2v) is 4.51. The van der Waals surface area contributed by atoms with Crippen molar-refractivity contribution in [2.45, 2.75) is 12.8 Å². The Morgan fingerprint density at radius 1 is 1.40 bits per heavy atom. The van der Waals surface area contributed by atoms with E-state index in [4.69, 9.17) is 9.47 Å². The summed E-state index contributed by atoms with van der Waals surface area (Å²) < 4.78 is 24.0. The molecule has 1 aromatic rings. The van der Waals surface area contributed by atoms with Gasteiger partial charge < -0.3 is 9.47 Å². The van der Waals surface area contributed by atoms with E-state index in [1.165, 1.54) is 18.9 Å². The summed E-state index contributed by atoms with van der Waals surface area (Å²) in [5.41, 5.74) is 0. The number of hydrogen-bond donors (Lipinski definition) is 0. The van der Waals surface area contributed by atoms with Gasteiger partial charge in [-0.25, -0.2) is 4.39 Å². The van der Waals surface area contributed by atoms with E-state index in [-0.39, 0.29) is 12.6 Å². The average Bonchev–Trinajstić information content (AvgIpc) is 3.02. The van der Waals surface area contributed by atoms with Crippen LogP contribution in [0.25, 0.3) is 0 Å². The van der Waals surface area contributed by atoms with Gasteiger partial charge in [-0.2, -0.15) is 0 Å². The molecule has 0 unspecified atom stereocenters. The second-order valence-electron chi connectivity index (χ2n) is 3.65. The first kappa shape index (κ1) is 10.9. The van der Waals surface area contributed by atoms with Gasteiger partial charge in [-0.1, -0.05) is 0 Å². The van der Waals surface area contributed by atoms with Crippen molar-refractivity contribution in [3.63, 3.8) is 0 Å². The fraction of sp³-hybridized carbons (Fsp3) is 0.455. The van der Waals surface area contributed by atoms with Crippen LogP contribution in [0.3, 0.4) is 0 Å². The van der Waals surface area contributed by atoms with Gasteiger partial charge in [0, 0.05) is 6.07 Å². The lowest BCUT2D eigenvalue weighted by Crippen LogP contribution is -2.05. The van der Waals surface area contributed by atoms with Gasteiger partial charge in [0.15, 0.2) is 6.79 Å². The van der Waals surface area contributed by atoms with Gasteiger partial charge in [-0.15, -0.1) is 0 Å². The molecular weight excluding hydrogens is 263 g/mol.